The van der Waals surface area contributed by atoms with E-state index in [1.807, 2.05) is 39.0 Å². The molecule has 1 aromatic carbocycles. The Balaban J connectivity index is 2.10. The monoisotopic (exact) mass is 399 g/mol. The molecule has 6 heteroatoms. The first-order valence-corrected chi connectivity index (χ1v) is 10.0. The summed E-state index contributed by atoms with van der Waals surface area (Å²) in [5.74, 6) is -0.338. The molecular weight excluding hydrogens is 373 g/mol. The number of ether oxygens (including phenoxy) is 2. The van der Waals surface area contributed by atoms with Crippen molar-refractivity contribution < 1.29 is 19.1 Å². The Hall–Kier alpha value is -1.52. The molecule has 132 valence electrons. The Kier molecular flexibility index (Phi) is 6.30. The van der Waals surface area contributed by atoms with Crippen LogP contribution in [0.2, 0.25) is 4.82 Å². The molecule has 1 aliphatic heterocycles. The summed E-state index contributed by atoms with van der Waals surface area (Å²) in [6, 6.07) is 9.66. The molecule has 1 heterocycles. The first-order valence-electron chi connectivity index (χ1n) is 8.18. The quantitative estimate of drug-likeness (QED) is 0.577. The van der Waals surface area contributed by atoms with Crippen molar-refractivity contribution in [3.63, 3.8) is 0 Å². The van der Waals surface area contributed by atoms with Crippen molar-refractivity contribution >= 4 is 31.5 Å². The van der Waals surface area contributed by atoms with Crippen LogP contribution < -0.4 is 4.46 Å². The van der Waals surface area contributed by atoms with E-state index < -0.39 is 17.7 Å². The first kappa shape index (κ1) is 18.8. The van der Waals surface area contributed by atoms with E-state index >= 15 is 0 Å². The summed E-state index contributed by atoms with van der Waals surface area (Å²) in [5.41, 5.74) is -0.584. The van der Waals surface area contributed by atoms with Gasteiger partial charge in [0, 0.05) is 0 Å². The molecule has 0 radical (unpaired) electrons. The van der Waals surface area contributed by atoms with E-state index in [4.69, 9.17) is 9.47 Å². The van der Waals surface area contributed by atoms with Crippen LogP contribution in [-0.4, -0.2) is 56.7 Å². The number of rotatable bonds is 4. The number of nitrogens with zero attached hydrogens (tertiary/aromatic N) is 1. The predicted molar refractivity (Wildman–Crippen MR) is 93.6 cm³/mol. The Bertz CT molecular complexity index is 570. The summed E-state index contributed by atoms with van der Waals surface area (Å²) in [6.07, 6.45) is 0.194. The van der Waals surface area contributed by atoms with Gasteiger partial charge in [-0.05, 0) is 0 Å². The molecule has 1 saturated heterocycles. The number of carbonyl (C=O) groups is 2. The van der Waals surface area contributed by atoms with Crippen molar-refractivity contribution in [2.45, 2.75) is 50.6 Å². The zero-order valence-electron chi connectivity index (χ0n) is 14.7. The number of carbonyl (C=O) groups excluding carboxylic acids is 2. The number of esters is 1. The molecule has 1 aromatic rings. The Labute approximate surface area is 149 Å². The summed E-state index contributed by atoms with van der Waals surface area (Å²) in [7, 11) is 0. The van der Waals surface area contributed by atoms with Gasteiger partial charge in [-0.15, -0.1) is 0 Å². The maximum absolute atomic E-state index is 12.5. The molecule has 24 heavy (non-hydrogen) atoms. The second kappa shape index (κ2) is 8.04. The second-order valence-corrected chi connectivity index (χ2v) is 9.57. The van der Waals surface area contributed by atoms with Crippen LogP contribution in [0.1, 0.15) is 34.1 Å². The molecule has 1 fully saturated rings. The van der Waals surface area contributed by atoms with Gasteiger partial charge in [0.2, 0.25) is 0 Å². The van der Waals surface area contributed by atoms with E-state index in [0.29, 0.717) is 19.6 Å². The number of likely N-dealkylation sites (tertiary alicyclic amines) is 1. The molecule has 5 nitrogen and oxygen atoms in total. The van der Waals surface area contributed by atoms with Crippen LogP contribution >= 0.6 is 0 Å². The van der Waals surface area contributed by atoms with E-state index in [-0.39, 0.29) is 25.7 Å². The van der Waals surface area contributed by atoms with Crippen LogP contribution in [0, 0.1) is 0 Å². The molecule has 2 rings (SSSR count). The Morgan fingerprint density at radius 1 is 1.25 bits per heavy atom. The van der Waals surface area contributed by atoms with Crippen LogP contribution in [0.5, 0.6) is 0 Å². The van der Waals surface area contributed by atoms with Gasteiger partial charge < -0.3 is 0 Å². The number of hydrogen-bond acceptors (Lipinski definition) is 4. The first-order chi connectivity index (χ1) is 11.3. The summed E-state index contributed by atoms with van der Waals surface area (Å²) in [4.78, 5) is 26.6. The van der Waals surface area contributed by atoms with Crippen molar-refractivity contribution in [2.24, 2.45) is 0 Å². The molecule has 1 aliphatic rings. The van der Waals surface area contributed by atoms with Crippen molar-refractivity contribution in [2.75, 3.05) is 13.2 Å². The fourth-order valence-corrected chi connectivity index (χ4v) is 5.10. The molecule has 1 amide bonds. The Morgan fingerprint density at radius 2 is 1.92 bits per heavy atom. The third-order valence-corrected chi connectivity index (χ3v) is 6.05. The Morgan fingerprint density at radius 3 is 2.50 bits per heavy atom. The normalized spacial score (nSPS) is 20.8. The molecule has 0 aromatic heterocycles. The molecule has 0 bridgehead atoms. The van der Waals surface area contributed by atoms with Crippen LogP contribution in [0.15, 0.2) is 30.3 Å². The minimum absolute atomic E-state index is 0.197. The van der Waals surface area contributed by atoms with Gasteiger partial charge in [-0.25, -0.2) is 0 Å². The van der Waals surface area contributed by atoms with Gasteiger partial charge in [0.15, 0.2) is 0 Å². The van der Waals surface area contributed by atoms with Gasteiger partial charge >= 0.3 is 150 Å². The number of amides is 1. The van der Waals surface area contributed by atoms with E-state index in [2.05, 4.69) is 12.1 Å². The van der Waals surface area contributed by atoms with Gasteiger partial charge in [0.05, 0.1) is 0 Å². The third kappa shape index (κ3) is 5.25. The number of benzene rings is 1. The summed E-state index contributed by atoms with van der Waals surface area (Å²) in [5, 5.41) is 0. The van der Waals surface area contributed by atoms with Crippen molar-refractivity contribution in [1.82, 2.24) is 4.90 Å². The van der Waals surface area contributed by atoms with Crippen LogP contribution in [0.25, 0.3) is 0 Å². The van der Waals surface area contributed by atoms with E-state index in [0.717, 1.165) is 0 Å². The second-order valence-electron chi connectivity index (χ2n) is 6.69. The topological polar surface area (TPSA) is 55.8 Å². The summed E-state index contributed by atoms with van der Waals surface area (Å²) < 4.78 is 11.9. The van der Waals surface area contributed by atoms with Crippen LogP contribution in [0.4, 0.5) is 4.79 Å². The van der Waals surface area contributed by atoms with Crippen LogP contribution in [0.3, 0.4) is 0 Å². The SMILES string of the molecule is CCOC(=O)[C@@H]1C[C@H]([Se]c2ccccc2)CN1C(=O)OC(C)(C)C. The fraction of sp³-hybridized carbons (Fsp3) is 0.556. The number of hydrogen-bond donors (Lipinski definition) is 0. The predicted octanol–water partition coefficient (Wildman–Crippen LogP) is 2.38. The van der Waals surface area contributed by atoms with E-state index in [1.54, 1.807) is 11.8 Å². The van der Waals surface area contributed by atoms with Crippen LogP contribution in [-0.2, 0) is 14.3 Å². The zero-order valence-corrected chi connectivity index (χ0v) is 16.4. The van der Waals surface area contributed by atoms with E-state index in [9.17, 15) is 9.59 Å². The average Bonchev–Trinajstić information content (AvgIpc) is 2.91. The van der Waals surface area contributed by atoms with Gasteiger partial charge in [-0.3, -0.25) is 0 Å². The van der Waals surface area contributed by atoms with Crippen molar-refractivity contribution in [1.29, 1.82) is 0 Å². The molecule has 0 aliphatic carbocycles. The van der Waals surface area contributed by atoms with Gasteiger partial charge in [0.25, 0.3) is 0 Å². The molecule has 0 spiro atoms. The van der Waals surface area contributed by atoms with Crippen molar-refractivity contribution in [3.8, 4) is 0 Å². The zero-order chi connectivity index (χ0) is 17.7. The van der Waals surface area contributed by atoms with Gasteiger partial charge in [0.1, 0.15) is 0 Å². The standard InChI is InChI=1S/C18H25NO4Se/c1-5-22-16(20)15-11-14(24-13-9-7-6-8-10-13)12-19(15)17(21)23-18(2,3)4/h6-10,14-15H,5,11-12H2,1-4H3/t14-,15-/m0/s1. The summed E-state index contributed by atoms with van der Waals surface area (Å²) in [6.45, 7) is 8.10. The average molecular weight is 398 g/mol. The molecule has 0 saturated carbocycles. The molecule has 0 N–H and O–H groups in total. The molecule has 0 unspecified atom stereocenters. The van der Waals surface area contributed by atoms with Crippen molar-refractivity contribution in [3.05, 3.63) is 30.3 Å². The fourth-order valence-electron chi connectivity index (χ4n) is 2.56. The van der Waals surface area contributed by atoms with Gasteiger partial charge in [-0.2, -0.15) is 0 Å². The third-order valence-electron chi connectivity index (χ3n) is 3.50. The van der Waals surface area contributed by atoms with E-state index in [1.165, 1.54) is 4.46 Å². The summed E-state index contributed by atoms with van der Waals surface area (Å²) >= 11 is 0.197. The maximum atomic E-state index is 12.5. The minimum atomic E-state index is -0.584. The molecule has 2 atom stereocenters. The van der Waals surface area contributed by atoms with Gasteiger partial charge in [-0.1, -0.05) is 0 Å². The molecular formula is C18H25NO4Se.